The molecule has 1 saturated carbocycles. The van der Waals surface area contributed by atoms with E-state index in [0.29, 0.717) is 30.2 Å². The SMILES string of the molecule is C=CCOc1c(-c2nccc(N)n2)cnn1C1CC1. The van der Waals surface area contributed by atoms with Gasteiger partial charge in [-0.05, 0) is 18.9 Å². The first-order valence-electron chi connectivity index (χ1n) is 6.19. The van der Waals surface area contributed by atoms with Crippen LogP contribution in [0.5, 0.6) is 5.88 Å². The van der Waals surface area contributed by atoms with Gasteiger partial charge in [-0.15, -0.1) is 0 Å². The summed E-state index contributed by atoms with van der Waals surface area (Å²) in [7, 11) is 0. The van der Waals surface area contributed by atoms with E-state index in [0.717, 1.165) is 18.4 Å². The third kappa shape index (κ3) is 2.29. The average molecular weight is 257 g/mol. The van der Waals surface area contributed by atoms with E-state index in [-0.39, 0.29) is 0 Å². The number of hydrogen-bond acceptors (Lipinski definition) is 5. The van der Waals surface area contributed by atoms with Crippen LogP contribution < -0.4 is 10.5 Å². The summed E-state index contributed by atoms with van der Waals surface area (Å²) in [6.07, 6.45) is 7.32. The number of nitrogens with zero attached hydrogens (tertiary/aromatic N) is 4. The normalized spacial score (nSPS) is 14.3. The van der Waals surface area contributed by atoms with E-state index in [9.17, 15) is 0 Å². The van der Waals surface area contributed by atoms with Crippen molar-refractivity contribution in [3.8, 4) is 17.3 Å². The van der Waals surface area contributed by atoms with Gasteiger partial charge in [0.25, 0.3) is 0 Å². The Kier molecular flexibility index (Phi) is 2.91. The maximum atomic E-state index is 5.71. The van der Waals surface area contributed by atoms with Crippen LogP contribution in [0.2, 0.25) is 0 Å². The molecule has 6 heteroatoms. The minimum absolute atomic E-state index is 0.424. The Bertz CT molecular complexity index is 603. The maximum Gasteiger partial charge on any atom is 0.223 e. The molecule has 0 bridgehead atoms. The molecule has 0 saturated heterocycles. The van der Waals surface area contributed by atoms with Crippen LogP contribution in [0.25, 0.3) is 11.4 Å². The highest BCUT2D eigenvalue weighted by Gasteiger charge is 2.29. The van der Waals surface area contributed by atoms with Crippen LogP contribution in [0.4, 0.5) is 5.82 Å². The third-order valence-electron chi connectivity index (χ3n) is 2.90. The lowest BCUT2D eigenvalue weighted by Gasteiger charge is -2.08. The van der Waals surface area contributed by atoms with E-state index in [1.165, 1.54) is 0 Å². The van der Waals surface area contributed by atoms with Gasteiger partial charge in [-0.25, -0.2) is 14.6 Å². The van der Waals surface area contributed by atoms with Crippen LogP contribution in [0, 0.1) is 0 Å². The molecule has 0 unspecified atom stereocenters. The molecule has 1 fully saturated rings. The van der Waals surface area contributed by atoms with Crippen molar-refractivity contribution < 1.29 is 4.74 Å². The zero-order valence-electron chi connectivity index (χ0n) is 10.5. The summed E-state index contributed by atoms with van der Waals surface area (Å²) in [5, 5.41) is 4.37. The molecule has 0 amide bonds. The van der Waals surface area contributed by atoms with Crippen molar-refractivity contribution in [3.63, 3.8) is 0 Å². The number of ether oxygens (including phenoxy) is 1. The summed E-state index contributed by atoms with van der Waals surface area (Å²) in [5.74, 6) is 1.65. The molecule has 2 heterocycles. The second-order valence-electron chi connectivity index (χ2n) is 4.44. The number of nitrogen functional groups attached to an aromatic ring is 1. The summed E-state index contributed by atoms with van der Waals surface area (Å²) in [5.41, 5.74) is 6.45. The minimum atomic E-state index is 0.424. The Balaban J connectivity index is 2.02. The van der Waals surface area contributed by atoms with Crippen molar-refractivity contribution >= 4 is 5.82 Å². The lowest BCUT2D eigenvalue weighted by atomic mass is 10.3. The van der Waals surface area contributed by atoms with E-state index in [4.69, 9.17) is 10.5 Å². The Labute approximate surface area is 110 Å². The Hall–Kier alpha value is -2.37. The van der Waals surface area contributed by atoms with Crippen molar-refractivity contribution in [1.82, 2.24) is 19.7 Å². The van der Waals surface area contributed by atoms with Crippen molar-refractivity contribution in [1.29, 1.82) is 0 Å². The molecule has 0 aromatic carbocycles. The summed E-state index contributed by atoms with van der Waals surface area (Å²) in [4.78, 5) is 8.43. The predicted molar refractivity (Wildman–Crippen MR) is 71.6 cm³/mol. The summed E-state index contributed by atoms with van der Waals surface area (Å²) >= 11 is 0. The molecule has 0 spiro atoms. The molecule has 98 valence electrons. The van der Waals surface area contributed by atoms with Gasteiger partial charge < -0.3 is 10.5 Å². The van der Waals surface area contributed by atoms with Crippen molar-refractivity contribution in [2.24, 2.45) is 0 Å². The van der Waals surface area contributed by atoms with Crippen LogP contribution in [0.15, 0.2) is 31.1 Å². The first-order valence-corrected chi connectivity index (χ1v) is 6.19. The van der Waals surface area contributed by atoms with Gasteiger partial charge in [0.1, 0.15) is 18.0 Å². The van der Waals surface area contributed by atoms with E-state index in [1.807, 2.05) is 4.68 Å². The molecular formula is C13H15N5O. The summed E-state index contributed by atoms with van der Waals surface area (Å²) < 4.78 is 7.61. The second kappa shape index (κ2) is 4.72. The maximum absolute atomic E-state index is 5.71. The van der Waals surface area contributed by atoms with Crippen LogP contribution in [0.1, 0.15) is 18.9 Å². The molecule has 2 aromatic heterocycles. The fourth-order valence-electron chi connectivity index (χ4n) is 1.87. The van der Waals surface area contributed by atoms with Crippen molar-refractivity contribution in [2.75, 3.05) is 12.3 Å². The highest BCUT2D eigenvalue weighted by Crippen LogP contribution is 2.40. The highest BCUT2D eigenvalue weighted by molar-refractivity contribution is 5.62. The first kappa shape index (κ1) is 11.7. The quantitative estimate of drug-likeness (QED) is 0.826. The van der Waals surface area contributed by atoms with E-state index in [1.54, 1.807) is 24.5 Å². The monoisotopic (exact) mass is 257 g/mol. The van der Waals surface area contributed by atoms with Crippen LogP contribution in [-0.4, -0.2) is 26.4 Å². The molecule has 0 atom stereocenters. The largest absolute Gasteiger partial charge is 0.473 e. The van der Waals surface area contributed by atoms with Crippen LogP contribution in [0.3, 0.4) is 0 Å². The van der Waals surface area contributed by atoms with Crippen molar-refractivity contribution in [2.45, 2.75) is 18.9 Å². The first-order chi connectivity index (χ1) is 9.29. The third-order valence-corrected chi connectivity index (χ3v) is 2.90. The molecular weight excluding hydrogens is 242 g/mol. The number of nitrogens with two attached hydrogens (primary N) is 1. The molecule has 2 aromatic rings. The predicted octanol–water partition coefficient (Wildman–Crippen LogP) is 1.82. The van der Waals surface area contributed by atoms with Gasteiger partial charge in [0.15, 0.2) is 5.82 Å². The molecule has 1 aliphatic carbocycles. The van der Waals surface area contributed by atoms with Gasteiger partial charge in [-0.1, -0.05) is 12.7 Å². The van der Waals surface area contributed by atoms with Crippen molar-refractivity contribution in [3.05, 3.63) is 31.1 Å². The van der Waals surface area contributed by atoms with Gasteiger partial charge in [0, 0.05) is 6.20 Å². The average Bonchev–Trinajstić information content (AvgIpc) is 3.17. The van der Waals surface area contributed by atoms with Gasteiger partial charge in [0.2, 0.25) is 5.88 Å². The highest BCUT2D eigenvalue weighted by atomic mass is 16.5. The van der Waals surface area contributed by atoms with Gasteiger partial charge in [0.05, 0.1) is 12.2 Å². The zero-order valence-corrected chi connectivity index (χ0v) is 10.5. The fraction of sp³-hybridized carbons (Fsp3) is 0.308. The lowest BCUT2D eigenvalue weighted by Crippen LogP contribution is -2.04. The molecule has 0 radical (unpaired) electrons. The molecule has 19 heavy (non-hydrogen) atoms. The van der Waals surface area contributed by atoms with E-state index < -0.39 is 0 Å². The number of aromatic nitrogens is 4. The number of rotatable bonds is 5. The Morgan fingerprint density at radius 3 is 3.05 bits per heavy atom. The topological polar surface area (TPSA) is 78.8 Å². The van der Waals surface area contributed by atoms with Gasteiger partial charge in [-0.3, -0.25) is 0 Å². The molecule has 1 aliphatic rings. The Morgan fingerprint density at radius 1 is 1.53 bits per heavy atom. The zero-order chi connectivity index (χ0) is 13.2. The summed E-state index contributed by atoms with van der Waals surface area (Å²) in [6.45, 7) is 4.09. The van der Waals surface area contributed by atoms with Gasteiger partial charge in [-0.2, -0.15) is 5.10 Å². The second-order valence-corrected chi connectivity index (χ2v) is 4.44. The smallest absolute Gasteiger partial charge is 0.223 e. The van der Waals surface area contributed by atoms with Crippen LogP contribution >= 0.6 is 0 Å². The van der Waals surface area contributed by atoms with E-state index >= 15 is 0 Å². The van der Waals surface area contributed by atoms with Gasteiger partial charge >= 0.3 is 0 Å². The molecule has 0 aliphatic heterocycles. The number of hydrogen-bond donors (Lipinski definition) is 1. The molecule has 3 rings (SSSR count). The number of anilines is 1. The van der Waals surface area contributed by atoms with Crippen LogP contribution in [-0.2, 0) is 0 Å². The standard InChI is InChI=1S/C13H15N5O/c1-2-7-19-13-10(8-16-18(13)9-3-4-9)12-15-6-5-11(14)17-12/h2,5-6,8-9H,1,3-4,7H2,(H2,14,15,17). The Morgan fingerprint density at radius 2 is 2.37 bits per heavy atom. The molecule has 2 N–H and O–H groups in total. The minimum Gasteiger partial charge on any atom is -0.473 e. The fourth-order valence-corrected chi connectivity index (χ4v) is 1.87. The molecule has 6 nitrogen and oxygen atoms in total. The lowest BCUT2D eigenvalue weighted by molar-refractivity contribution is 0.321. The summed E-state index contributed by atoms with van der Waals surface area (Å²) in [6, 6.07) is 2.08. The van der Waals surface area contributed by atoms with E-state index in [2.05, 4.69) is 21.6 Å².